The molecule has 1 aromatic carbocycles. The van der Waals surface area contributed by atoms with Gasteiger partial charge in [0.15, 0.2) is 0 Å². The summed E-state index contributed by atoms with van der Waals surface area (Å²) < 4.78 is 21.6. The first-order valence-corrected chi connectivity index (χ1v) is 8.52. The van der Waals surface area contributed by atoms with Crippen LogP contribution in [0.25, 0.3) is 10.9 Å². The van der Waals surface area contributed by atoms with E-state index in [1.807, 2.05) is 17.6 Å². The van der Waals surface area contributed by atoms with E-state index in [0.717, 1.165) is 5.69 Å². The molecule has 1 amide bonds. The van der Waals surface area contributed by atoms with Gasteiger partial charge in [0.25, 0.3) is 0 Å². The number of anilines is 1. The molecule has 3 rings (SSSR count). The highest BCUT2D eigenvalue weighted by molar-refractivity contribution is 6.29. The van der Waals surface area contributed by atoms with Crippen molar-refractivity contribution in [3.8, 4) is 5.75 Å². The van der Waals surface area contributed by atoms with Crippen LogP contribution in [0.3, 0.4) is 0 Å². The van der Waals surface area contributed by atoms with Crippen molar-refractivity contribution in [1.82, 2.24) is 9.55 Å². The van der Waals surface area contributed by atoms with Crippen LogP contribution in [0.15, 0.2) is 36.5 Å². The molecule has 0 atom stereocenters. The highest BCUT2D eigenvalue weighted by Gasteiger charge is 2.17. The quantitative estimate of drug-likeness (QED) is 0.628. The third-order valence-corrected chi connectivity index (χ3v) is 4.55. The molecule has 0 fully saturated rings. The van der Waals surface area contributed by atoms with Crippen molar-refractivity contribution < 1.29 is 13.9 Å². The Balaban J connectivity index is 1.95. The Morgan fingerprint density at radius 1 is 1.35 bits per heavy atom. The topological polar surface area (TPSA) is 47.4 Å². The lowest BCUT2D eigenvalue weighted by molar-refractivity contribution is -0.116. The van der Waals surface area contributed by atoms with Crippen molar-refractivity contribution in [2.45, 2.75) is 20.4 Å². The minimum absolute atomic E-state index is 0.126. The zero-order valence-corrected chi connectivity index (χ0v) is 15.5. The van der Waals surface area contributed by atoms with Crippen LogP contribution < -0.4 is 9.64 Å². The number of pyridine rings is 1. The van der Waals surface area contributed by atoms with Crippen molar-refractivity contribution in [2.24, 2.45) is 0 Å². The number of halogens is 2. The van der Waals surface area contributed by atoms with Crippen molar-refractivity contribution in [3.63, 3.8) is 0 Å². The predicted molar refractivity (Wildman–Crippen MR) is 100 cm³/mol. The van der Waals surface area contributed by atoms with Crippen LogP contribution in [0.1, 0.15) is 12.6 Å². The van der Waals surface area contributed by atoms with E-state index in [1.54, 1.807) is 36.4 Å². The van der Waals surface area contributed by atoms with Crippen molar-refractivity contribution in [1.29, 1.82) is 0 Å². The van der Waals surface area contributed by atoms with E-state index in [-0.39, 0.29) is 11.7 Å². The second-order valence-electron chi connectivity index (χ2n) is 5.96. The van der Waals surface area contributed by atoms with Crippen LogP contribution in [0.4, 0.5) is 10.1 Å². The third kappa shape index (κ3) is 3.37. The lowest BCUT2D eigenvalue weighted by Gasteiger charge is -2.22. The summed E-state index contributed by atoms with van der Waals surface area (Å²) in [4.78, 5) is 17.6. The first-order chi connectivity index (χ1) is 12.4. The van der Waals surface area contributed by atoms with Gasteiger partial charge in [-0.15, -0.1) is 0 Å². The molecule has 2 aromatic heterocycles. The van der Waals surface area contributed by atoms with Gasteiger partial charge in [-0.3, -0.25) is 4.79 Å². The molecular weight excluding hydrogens is 357 g/mol. The summed E-state index contributed by atoms with van der Waals surface area (Å²) in [5, 5.41) is 1.03. The average Bonchev–Trinajstić information content (AvgIpc) is 2.93. The number of aryl methyl sites for hydroxylation is 1. The zero-order valence-electron chi connectivity index (χ0n) is 14.8. The summed E-state index contributed by atoms with van der Waals surface area (Å²) in [6, 6.07) is 8.24. The molecule has 0 saturated carbocycles. The maximum atomic E-state index is 14.5. The van der Waals surface area contributed by atoms with Gasteiger partial charge in [-0.25, -0.2) is 9.37 Å². The number of methoxy groups -OCH3 is 1. The number of hydrogen-bond donors (Lipinski definition) is 0. The van der Waals surface area contributed by atoms with E-state index in [4.69, 9.17) is 16.3 Å². The molecule has 0 aliphatic rings. The number of aromatic nitrogens is 2. The summed E-state index contributed by atoms with van der Waals surface area (Å²) in [5.74, 6) is 0.169. The Kier molecular flexibility index (Phi) is 5.13. The second-order valence-corrected chi connectivity index (χ2v) is 6.34. The number of nitrogens with zero attached hydrogens (tertiary/aromatic N) is 3. The third-order valence-electron chi connectivity index (χ3n) is 4.35. The molecule has 0 spiro atoms. The molecule has 26 heavy (non-hydrogen) atoms. The Morgan fingerprint density at radius 3 is 2.77 bits per heavy atom. The monoisotopic (exact) mass is 375 g/mol. The largest absolute Gasteiger partial charge is 0.496 e. The average molecular weight is 376 g/mol. The van der Waals surface area contributed by atoms with Crippen LogP contribution in [-0.4, -0.2) is 29.1 Å². The molecule has 0 radical (unpaired) electrons. The van der Waals surface area contributed by atoms with Crippen LogP contribution in [-0.2, 0) is 11.3 Å². The standard InChI is InChI=1S/C19H19ClFN3O2/c1-12-10-15-17(26-3)5-4-16(21)19(15)23(12)8-9-24(13(2)25)14-6-7-22-18(20)11-14/h4-7,10-11H,8-9H2,1-3H3. The molecule has 0 N–H and O–H groups in total. The highest BCUT2D eigenvalue weighted by Crippen LogP contribution is 2.31. The summed E-state index contributed by atoms with van der Waals surface area (Å²) in [6.07, 6.45) is 1.55. The lowest BCUT2D eigenvalue weighted by atomic mass is 10.2. The number of amides is 1. The van der Waals surface area contributed by atoms with Gasteiger partial charge in [-0.2, -0.15) is 0 Å². The Bertz CT molecular complexity index is 971. The van der Waals surface area contributed by atoms with Gasteiger partial charge in [-0.05, 0) is 37.3 Å². The molecule has 7 heteroatoms. The van der Waals surface area contributed by atoms with Crippen molar-refractivity contribution in [2.75, 3.05) is 18.6 Å². The van der Waals surface area contributed by atoms with Gasteiger partial charge in [0.05, 0.1) is 12.6 Å². The molecule has 136 valence electrons. The van der Waals surface area contributed by atoms with Crippen LogP contribution in [0.2, 0.25) is 5.15 Å². The molecule has 0 aliphatic carbocycles. The fraction of sp³-hybridized carbons (Fsp3) is 0.263. The minimum atomic E-state index is -0.324. The van der Waals surface area contributed by atoms with E-state index < -0.39 is 0 Å². The van der Waals surface area contributed by atoms with Crippen LogP contribution in [0.5, 0.6) is 5.75 Å². The molecule has 0 saturated heterocycles. The fourth-order valence-electron chi connectivity index (χ4n) is 3.13. The number of carbonyl (C=O) groups is 1. The normalized spacial score (nSPS) is 11.0. The van der Waals surface area contributed by atoms with Gasteiger partial charge in [-0.1, -0.05) is 11.6 Å². The SMILES string of the molecule is COc1ccc(F)c2c1cc(C)n2CCN(C(C)=O)c1ccnc(Cl)c1. The molecule has 3 aromatic rings. The first kappa shape index (κ1) is 18.2. The van der Waals surface area contributed by atoms with Gasteiger partial charge in [0.1, 0.15) is 16.7 Å². The van der Waals surface area contributed by atoms with E-state index in [2.05, 4.69) is 4.98 Å². The number of benzene rings is 1. The van der Waals surface area contributed by atoms with E-state index in [9.17, 15) is 9.18 Å². The number of ether oxygens (including phenoxy) is 1. The number of rotatable bonds is 5. The summed E-state index contributed by atoms with van der Waals surface area (Å²) in [6.45, 7) is 4.19. The van der Waals surface area contributed by atoms with Crippen LogP contribution in [0, 0.1) is 12.7 Å². The molecule has 5 nitrogen and oxygen atoms in total. The molecule has 0 aliphatic heterocycles. The van der Waals surface area contributed by atoms with Gasteiger partial charge in [0.2, 0.25) is 5.91 Å². The van der Waals surface area contributed by atoms with Gasteiger partial charge >= 0.3 is 0 Å². The smallest absolute Gasteiger partial charge is 0.223 e. The van der Waals surface area contributed by atoms with E-state index >= 15 is 0 Å². The fourth-order valence-corrected chi connectivity index (χ4v) is 3.30. The van der Waals surface area contributed by atoms with E-state index in [1.165, 1.54) is 13.0 Å². The molecule has 0 unspecified atom stereocenters. The molecule has 0 bridgehead atoms. The summed E-state index contributed by atoms with van der Waals surface area (Å²) in [5.41, 5.74) is 2.02. The summed E-state index contributed by atoms with van der Waals surface area (Å²) >= 11 is 5.93. The lowest BCUT2D eigenvalue weighted by Crippen LogP contribution is -2.32. The number of carbonyl (C=O) groups excluding carboxylic acids is 1. The number of hydrogen-bond acceptors (Lipinski definition) is 3. The van der Waals surface area contributed by atoms with Crippen molar-refractivity contribution >= 4 is 34.1 Å². The van der Waals surface area contributed by atoms with Gasteiger partial charge < -0.3 is 14.2 Å². The van der Waals surface area contributed by atoms with Gasteiger partial charge in [0, 0.05) is 43.0 Å². The zero-order chi connectivity index (χ0) is 18.8. The predicted octanol–water partition coefficient (Wildman–Crippen LogP) is 4.20. The Labute approximate surface area is 156 Å². The molecular formula is C19H19ClFN3O2. The maximum absolute atomic E-state index is 14.5. The minimum Gasteiger partial charge on any atom is -0.496 e. The maximum Gasteiger partial charge on any atom is 0.223 e. The highest BCUT2D eigenvalue weighted by atomic mass is 35.5. The second kappa shape index (κ2) is 7.33. The van der Waals surface area contributed by atoms with Crippen LogP contribution >= 0.6 is 11.6 Å². The molecule has 2 heterocycles. The van der Waals surface area contributed by atoms with Crippen molar-refractivity contribution in [3.05, 3.63) is 53.2 Å². The Hall–Kier alpha value is -2.60. The Morgan fingerprint density at radius 2 is 2.12 bits per heavy atom. The van der Waals surface area contributed by atoms with E-state index in [0.29, 0.717) is 40.6 Å². The number of fused-ring (bicyclic) bond motifs is 1. The first-order valence-electron chi connectivity index (χ1n) is 8.14. The summed E-state index contributed by atoms with van der Waals surface area (Å²) in [7, 11) is 1.56.